The highest BCUT2D eigenvalue weighted by Gasteiger charge is 2.22. The molecule has 0 saturated heterocycles. The van der Waals surface area contributed by atoms with E-state index in [2.05, 4.69) is 12.2 Å². The molecule has 0 saturated carbocycles. The van der Waals surface area contributed by atoms with E-state index < -0.39 is 5.97 Å². The fourth-order valence-corrected chi connectivity index (χ4v) is 4.61. The molecule has 0 fully saturated rings. The zero-order valence-electron chi connectivity index (χ0n) is 17.0. The lowest BCUT2D eigenvalue weighted by Gasteiger charge is -2.16. The molecule has 0 aliphatic heterocycles. The lowest BCUT2D eigenvalue weighted by molar-refractivity contribution is -0.118. The molecule has 0 unspecified atom stereocenters. The molecule has 0 bridgehead atoms. The van der Waals surface area contributed by atoms with Crippen LogP contribution in [0, 0.1) is 5.92 Å². The molecule has 3 rings (SSSR count). The fraction of sp³-hybridized carbons (Fsp3) is 0.435. The molecule has 1 amide bonds. The second-order valence-electron chi connectivity index (χ2n) is 7.69. The Bertz CT molecular complexity index is 885. The predicted molar refractivity (Wildman–Crippen MR) is 114 cm³/mol. The van der Waals surface area contributed by atoms with Crippen LogP contribution in [0.4, 0.5) is 0 Å². The molecule has 1 aliphatic rings. The van der Waals surface area contributed by atoms with Gasteiger partial charge in [-0.2, -0.15) is 0 Å². The van der Waals surface area contributed by atoms with E-state index in [-0.39, 0.29) is 18.3 Å². The Hall–Kier alpha value is -2.47. The van der Waals surface area contributed by atoms with Crippen molar-refractivity contribution >= 4 is 29.0 Å². The normalized spacial score (nSPS) is 15.4. The Kier molecular flexibility index (Phi) is 7.20. The first-order valence-electron chi connectivity index (χ1n) is 10.1. The van der Waals surface area contributed by atoms with Gasteiger partial charge in [0.15, 0.2) is 12.4 Å². The van der Waals surface area contributed by atoms with Gasteiger partial charge in [-0.15, -0.1) is 11.3 Å². The number of nitrogens with one attached hydrogen (secondary N) is 1. The molecule has 29 heavy (non-hydrogen) atoms. The van der Waals surface area contributed by atoms with Gasteiger partial charge in [0.05, 0.1) is 0 Å². The number of fused-ring (bicyclic) bond motifs is 1. The minimum atomic E-state index is -0.417. The summed E-state index contributed by atoms with van der Waals surface area (Å²) in [5.74, 6) is -0.00762. The number of aryl methyl sites for hydroxylation is 2. The van der Waals surface area contributed by atoms with Crippen LogP contribution in [-0.2, 0) is 28.8 Å². The van der Waals surface area contributed by atoms with Gasteiger partial charge in [0.25, 0.3) is 0 Å². The molecule has 0 radical (unpaired) electrons. The van der Waals surface area contributed by atoms with E-state index in [1.54, 1.807) is 12.1 Å². The summed E-state index contributed by atoms with van der Waals surface area (Å²) in [6.07, 6.45) is 4.85. The van der Waals surface area contributed by atoms with Gasteiger partial charge in [0.1, 0.15) is 4.88 Å². The fourth-order valence-electron chi connectivity index (χ4n) is 3.51. The minimum absolute atomic E-state index is 0.0298. The predicted octanol–water partition coefficient (Wildman–Crippen LogP) is 3.98. The van der Waals surface area contributed by atoms with E-state index in [9.17, 15) is 14.4 Å². The van der Waals surface area contributed by atoms with E-state index in [1.165, 1.54) is 28.7 Å². The first kappa shape index (κ1) is 21.2. The van der Waals surface area contributed by atoms with Crippen LogP contribution in [-0.4, -0.2) is 30.8 Å². The number of Topliss-reactive ketones (excluding diaryl/α,β-unsaturated/α-hetero) is 1. The molecule has 1 N–H and O–H groups in total. The summed E-state index contributed by atoms with van der Waals surface area (Å²) in [4.78, 5) is 37.4. The molecule has 1 aromatic heterocycles. The maximum atomic E-state index is 12.3. The topological polar surface area (TPSA) is 72.5 Å². The Morgan fingerprint density at radius 2 is 1.97 bits per heavy atom. The van der Waals surface area contributed by atoms with Crippen molar-refractivity contribution in [2.45, 2.75) is 46.0 Å². The van der Waals surface area contributed by atoms with Gasteiger partial charge in [-0.3, -0.25) is 9.59 Å². The summed E-state index contributed by atoms with van der Waals surface area (Å²) >= 11 is 1.49. The third-order valence-electron chi connectivity index (χ3n) is 5.16. The number of carbonyl (C=O) groups excluding carboxylic acids is 3. The minimum Gasteiger partial charge on any atom is -0.453 e. The number of ketones is 1. The summed E-state index contributed by atoms with van der Waals surface area (Å²) < 4.78 is 5.26. The molecule has 1 aromatic carbocycles. The Labute approximate surface area is 175 Å². The van der Waals surface area contributed by atoms with Crippen LogP contribution in [0.3, 0.4) is 0 Å². The number of benzene rings is 1. The zero-order valence-corrected chi connectivity index (χ0v) is 17.8. The van der Waals surface area contributed by atoms with Gasteiger partial charge in [-0.05, 0) is 55.2 Å². The quantitative estimate of drug-likeness (QED) is 0.404. The molecule has 6 heteroatoms. The summed E-state index contributed by atoms with van der Waals surface area (Å²) in [6, 6.07) is 9.25. The summed E-state index contributed by atoms with van der Waals surface area (Å²) in [5.41, 5.74) is 2.88. The standard InChI is InChI=1S/C23H27NO4S/c1-15-5-10-21-19(12-15)13-22(29-21)23(27)28-14-20(26)18-8-6-17(7-9-18)4-3-11-24-16(2)25/h6-9,13,15H,3-5,10-12,14H2,1-2H3,(H,24,25)/t15-/m1/s1. The van der Waals surface area contributed by atoms with E-state index in [4.69, 9.17) is 4.74 Å². The van der Waals surface area contributed by atoms with Gasteiger partial charge >= 0.3 is 5.97 Å². The van der Waals surface area contributed by atoms with Crippen molar-refractivity contribution in [2.75, 3.05) is 13.2 Å². The van der Waals surface area contributed by atoms with E-state index in [0.717, 1.165) is 37.7 Å². The SMILES string of the molecule is CC(=O)NCCCc1ccc(C(=O)COC(=O)c2cc3c(s2)CC[C@@H](C)C3)cc1. The lowest BCUT2D eigenvalue weighted by atomic mass is 9.90. The van der Waals surface area contributed by atoms with Crippen molar-refractivity contribution in [1.82, 2.24) is 5.32 Å². The molecule has 0 spiro atoms. The van der Waals surface area contributed by atoms with E-state index in [1.807, 2.05) is 18.2 Å². The summed E-state index contributed by atoms with van der Waals surface area (Å²) in [6.45, 7) is 4.11. The number of ether oxygens (including phenoxy) is 1. The third kappa shape index (κ3) is 6.00. The number of amides is 1. The highest BCUT2D eigenvalue weighted by Crippen LogP contribution is 2.32. The number of hydrogen-bond donors (Lipinski definition) is 1. The van der Waals surface area contributed by atoms with Crippen LogP contribution in [0.5, 0.6) is 0 Å². The van der Waals surface area contributed by atoms with Crippen LogP contribution in [0.1, 0.15) is 62.7 Å². The second-order valence-corrected chi connectivity index (χ2v) is 8.83. The largest absolute Gasteiger partial charge is 0.453 e. The first-order valence-corrected chi connectivity index (χ1v) is 10.9. The average molecular weight is 414 g/mol. The zero-order chi connectivity index (χ0) is 20.8. The molecule has 5 nitrogen and oxygen atoms in total. The Balaban J connectivity index is 1.47. The maximum Gasteiger partial charge on any atom is 0.348 e. The van der Waals surface area contributed by atoms with Crippen molar-refractivity contribution in [3.05, 3.63) is 56.8 Å². The molecule has 1 heterocycles. The average Bonchev–Trinajstić information content (AvgIpc) is 3.12. The van der Waals surface area contributed by atoms with Gasteiger partial charge in [-0.25, -0.2) is 4.79 Å². The Morgan fingerprint density at radius 3 is 2.69 bits per heavy atom. The number of rotatable bonds is 8. The van der Waals surface area contributed by atoms with Crippen LogP contribution >= 0.6 is 11.3 Å². The molecule has 154 valence electrons. The lowest BCUT2D eigenvalue weighted by Crippen LogP contribution is -2.21. The number of esters is 1. The van der Waals surface area contributed by atoms with Crippen LogP contribution in [0.25, 0.3) is 0 Å². The van der Waals surface area contributed by atoms with Crippen LogP contribution in [0.15, 0.2) is 30.3 Å². The number of hydrogen-bond acceptors (Lipinski definition) is 5. The van der Waals surface area contributed by atoms with Crippen LogP contribution in [0.2, 0.25) is 0 Å². The van der Waals surface area contributed by atoms with Crippen molar-refractivity contribution in [2.24, 2.45) is 5.92 Å². The monoisotopic (exact) mass is 413 g/mol. The molecule has 1 aliphatic carbocycles. The smallest absolute Gasteiger partial charge is 0.348 e. The molecule has 1 atom stereocenters. The van der Waals surface area contributed by atoms with Crippen molar-refractivity contribution < 1.29 is 19.1 Å². The Morgan fingerprint density at radius 1 is 1.21 bits per heavy atom. The van der Waals surface area contributed by atoms with Crippen LogP contribution < -0.4 is 5.32 Å². The molecular formula is C23H27NO4S. The van der Waals surface area contributed by atoms with Gasteiger partial charge in [-0.1, -0.05) is 31.2 Å². The maximum absolute atomic E-state index is 12.3. The van der Waals surface area contributed by atoms with Gasteiger partial charge < -0.3 is 10.1 Å². The van der Waals surface area contributed by atoms with Crippen molar-refractivity contribution in [1.29, 1.82) is 0 Å². The van der Waals surface area contributed by atoms with Crippen molar-refractivity contribution in [3.8, 4) is 0 Å². The number of thiophene rings is 1. The third-order valence-corrected chi connectivity index (χ3v) is 6.37. The number of carbonyl (C=O) groups is 3. The van der Waals surface area contributed by atoms with Crippen molar-refractivity contribution in [3.63, 3.8) is 0 Å². The molecule has 2 aromatic rings. The molecular weight excluding hydrogens is 386 g/mol. The second kappa shape index (κ2) is 9.83. The summed E-state index contributed by atoms with van der Waals surface area (Å²) in [5, 5.41) is 2.76. The highest BCUT2D eigenvalue weighted by atomic mass is 32.1. The summed E-state index contributed by atoms with van der Waals surface area (Å²) in [7, 11) is 0. The first-order chi connectivity index (χ1) is 13.9. The van der Waals surface area contributed by atoms with E-state index >= 15 is 0 Å². The van der Waals surface area contributed by atoms with E-state index in [0.29, 0.717) is 22.9 Å². The van der Waals surface area contributed by atoms with Gasteiger partial charge in [0, 0.05) is 23.9 Å². The van der Waals surface area contributed by atoms with Gasteiger partial charge in [0.2, 0.25) is 5.91 Å². The highest BCUT2D eigenvalue weighted by molar-refractivity contribution is 7.14.